The number of aromatic nitrogens is 6. The van der Waals surface area contributed by atoms with Crippen LogP contribution in [0.2, 0.25) is 0 Å². The van der Waals surface area contributed by atoms with Gasteiger partial charge in [-0.3, -0.25) is 4.98 Å². The molecule has 0 radical (unpaired) electrons. The summed E-state index contributed by atoms with van der Waals surface area (Å²) >= 11 is 1.77. The predicted molar refractivity (Wildman–Crippen MR) is 91.7 cm³/mol. The molecule has 0 aromatic carbocycles. The maximum absolute atomic E-state index is 4.65. The maximum atomic E-state index is 4.65. The molecule has 3 rings (SSSR count). The molecule has 0 spiro atoms. The van der Waals surface area contributed by atoms with Crippen molar-refractivity contribution in [1.29, 1.82) is 0 Å². The number of nitrogens with zero attached hydrogens (tertiary/aromatic N) is 6. The van der Waals surface area contributed by atoms with Crippen LogP contribution < -0.4 is 0 Å². The van der Waals surface area contributed by atoms with E-state index in [2.05, 4.69) is 31.3 Å². The molecule has 0 aliphatic carbocycles. The molecule has 0 aliphatic rings. The van der Waals surface area contributed by atoms with Gasteiger partial charge in [0.15, 0.2) is 17.5 Å². The number of hydrogen-bond acceptors (Lipinski definition) is 6. The van der Waals surface area contributed by atoms with E-state index in [1.807, 2.05) is 26.0 Å². The fourth-order valence-corrected chi connectivity index (χ4v) is 2.51. The molecular weight excluding hydrogens is 308 g/mol. The Labute approximate surface area is 139 Å². The largest absolute Gasteiger partial charge is 0.258 e. The molecule has 0 N–H and O–H groups in total. The van der Waals surface area contributed by atoms with Gasteiger partial charge in [-0.05, 0) is 37.8 Å². The first kappa shape index (κ1) is 15.6. The molecule has 0 saturated heterocycles. The van der Waals surface area contributed by atoms with Crippen LogP contribution in [0.3, 0.4) is 0 Å². The first-order valence-corrected chi connectivity index (χ1v) is 8.73. The van der Waals surface area contributed by atoms with Gasteiger partial charge < -0.3 is 0 Å². The quantitative estimate of drug-likeness (QED) is 0.718. The minimum atomic E-state index is 0.673. The summed E-state index contributed by atoms with van der Waals surface area (Å²) in [6, 6.07) is 3.94. The zero-order chi connectivity index (χ0) is 16.2. The van der Waals surface area contributed by atoms with Crippen LogP contribution in [-0.2, 0) is 6.42 Å². The first-order valence-electron chi connectivity index (χ1n) is 7.34. The highest BCUT2D eigenvalue weighted by Crippen LogP contribution is 2.19. The molecule has 0 fully saturated rings. The van der Waals surface area contributed by atoms with Crippen molar-refractivity contribution >= 4 is 11.8 Å². The smallest absolute Gasteiger partial charge is 0.185 e. The molecule has 0 atom stereocenters. The second-order valence-electron chi connectivity index (χ2n) is 5.24. The Morgan fingerprint density at radius 3 is 2.70 bits per heavy atom. The van der Waals surface area contributed by atoms with E-state index >= 15 is 0 Å². The minimum absolute atomic E-state index is 0.673. The molecule has 118 valence electrons. The van der Waals surface area contributed by atoms with Crippen LogP contribution in [0.15, 0.2) is 30.7 Å². The summed E-state index contributed by atoms with van der Waals surface area (Å²) in [5.74, 6) is 3.18. The Bertz CT molecular complexity index is 797. The third-order valence-electron chi connectivity index (χ3n) is 3.31. The Morgan fingerprint density at radius 2 is 2.00 bits per heavy atom. The second-order valence-corrected chi connectivity index (χ2v) is 6.23. The van der Waals surface area contributed by atoms with Crippen LogP contribution in [0.1, 0.15) is 17.1 Å². The number of hydrogen-bond donors (Lipinski definition) is 0. The molecule has 23 heavy (non-hydrogen) atoms. The number of aryl methyl sites for hydroxylation is 3. The second kappa shape index (κ2) is 6.87. The van der Waals surface area contributed by atoms with Crippen LogP contribution in [0.4, 0.5) is 0 Å². The van der Waals surface area contributed by atoms with E-state index in [1.54, 1.807) is 35.0 Å². The lowest BCUT2D eigenvalue weighted by molar-refractivity contribution is 0.818. The highest BCUT2D eigenvalue weighted by atomic mass is 32.2. The molecule has 3 aromatic rings. The molecule has 0 unspecified atom stereocenters. The van der Waals surface area contributed by atoms with Crippen molar-refractivity contribution in [2.24, 2.45) is 0 Å². The van der Waals surface area contributed by atoms with E-state index < -0.39 is 0 Å². The minimum Gasteiger partial charge on any atom is -0.258 e. The zero-order valence-electron chi connectivity index (χ0n) is 13.4. The summed E-state index contributed by atoms with van der Waals surface area (Å²) in [4.78, 5) is 17.8. The van der Waals surface area contributed by atoms with Gasteiger partial charge in [-0.1, -0.05) is 0 Å². The molecule has 3 aromatic heterocycles. The molecule has 3 heterocycles. The Kier molecular flexibility index (Phi) is 4.66. The van der Waals surface area contributed by atoms with Crippen molar-refractivity contribution in [2.45, 2.75) is 20.3 Å². The SMILES string of the molecule is CSCCc1nc(-c2cnc(C)cn2)n(-c2cc(C)ccn2)n1. The number of pyridine rings is 1. The standard InChI is InChI=1S/C16H18N6S/c1-11-4-6-17-15(8-11)22-16(13-10-18-12(2)9-19-13)20-14(21-22)5-7-23-3/h4,6,8-10H,5,7H2,1-3H3. The summed E-state index contributed by atoms with van der Waals surface area (Å²) in [5, 5.41) is 4.62. The zero-order valence-corrected chi connectivity index (χ0v) is 14.2. The lowest BCUT2D eigenvalue weighted by atomic mass is 10.3. The van der Waals surface area contributed by atoms with Crippen molar-refractivity contribution in [3.8, 4) is 17.3 Å². The van der Waals surface area contributed by atoms with Gasteiger partial charge >= 0.3 is 0 Å². The van der Waals surface area contributed by atoms with E-state index in [0.717, 1.165) is 35.1 Å². The maximum Gasteiger partial charge on any atom is 0.185 e. The topological polar surface area (TPSA) is 69.4 Å². The van der Waals surface area contributed by atoms with Gasteiger partial charge in [0.05, 0.1) is 11.9 Å². The molecule has 0 amide bonds. The average molecular weight is 326 g/mol. The lowest BCUT2D eigenvalue weighted by Crippen LogP contribution is -2.04. The molecule has 0 bridgehead atoms. The van der Waals surface area contributed by atoms with Crippen molar-refractivity contribution < 1.29 is 0 Å². The molecule has 0 aliphatic heterocycles. The molecule has 0 saturated carbocycles. The van der Waals surface area contributed by atoms with Gasteiger partial charge in [0.2, 0.25) is 0 Å². The predicted octanol–water partition coefficient (Wildman–Crippen LogP) is 2.64. The Hall–Kier alpha value is -2.28. The van der Waals surface area contributed by atoms with E-state index in [4.69, 9.17) is 0 Å². The summed E-state index contributed by atoms with van der Waals surface area (Å²) in [5.41, 5.74) is 2.69. The first-order chi connectivity index (χ1) is 11.2. The fraction of sp³-hybridized carbons (Fsp3) is 0.312. The van der Waals surface area contributed by atoms with Crippen molar-refractivity contribution in [1.82, 2.24) is 29.7 Å². The number of rotatable bonds is 5. The van der Waals surface area contributed by atoms with Crippen molar-refractivity contribution in [2.75, 3.05) is 12.0 Å². The molecule has 7 heteroatoms. The van der Waals surface area contributed by atoms with Gasteiger partial charge in [0.25, 0.3) is 0 Å². The summed E-state index contributed by atoms with van der Waals surface area (Å²) in [7, 11) is 0. The van der Waals surface area contributed by atoms with Gasteiger partial charge in [-0.25, -0.2) is 15.0 Å². The highest BCUT2D eigenvalue weighted by molar-refractivity contribution is 7.98. The van der Waals surface area contributed by atoms with Gasteiger partial charge in [-0.15, -0.1) is 5.10 Å². The van der Waals surface area contributed by atoms with Crippen LogP contribution in [0.5, 0.6) is 0 Å². The van der Waals surface area contributed by atoms with Gasteiger partial charge in [-0.2, -0.15) is 16.4 Å². The average Bonchev–Trinajstić information content (AvgIpc) is 2.98. The third kappa shape index (κ3) is 3.56. The Balaban J connectivity index is 2.08. The van der Waals surface area contributed by atoms with E-state index in [0.29, 0.717) is 11.5 Å². The van der Waals surface area contributed by atoms with Crippen molar-refractivity contribution in [3.05, 3.63) is 47.8 Å². The fourth-order valence-electron chi connectivity index (χ4n) is 2.12. The van der Waals surface area contributed by atoms with Crippen molar-refractivity contribution in [3.63, 3.8) is 0 Å². The van der Waals surface area contributed by atoms with E-state index in [1.165, 1.54) is 0 Å². The van der Waals surface area contributed by atoms with Gasteiger partial charge in [0, 0.05) is 24.6 Å². The normalized spacial score (nSPS) is 10.9. The molecular formula is C16H18N6S. The van der Waals surface area contributed by atoms with Gasteiger partial charge in [0.1, 0.15) is 5.69 Å². The lowest BCUT2D eigenvalue weighted by Gasteiger charge is -2.05. The van der Waals surface area contributed by atoms with Crippen LogP contribution in [-0.4, -0.2) is 41.7 Å². The molecule has 6 nitrogen and oxygen atoms in total. The van der Waals surface area contributed by atoms with Crippen LogP contribution in [0.25, 0.3) is 17.3 Å². The monoisotopic (exact) mass is 326 g/mol. The van der Waals surface area contributed by atoms with Crippen LogP contribution in [0, 0.1) is 13.8 Å². The Morgan fingerprint density at radius 1 is 1.13 bits per heavy atom. The third-order valence-corrected chi connectivity index (χ3v) is 3.92. The number of thioether (sulfide) groups is 1. The van der Waals surface area contributed by atoms with E-state index in [-0.39, 0.29) is 0 Å². The highest BCUT2D eigenvalue weighted by Gasteiger charge is 2.16. The van der Waals surface area contributed by atoms with Crippen LogP contribution >= 0.6 is 11.8 Å². The van der Waals surface area contributed by atoms with E-state index in [9.17, 15) is 0 Å². The summed E-state index contributed by atoms with van der Waals surface area (Å²) in [6.07, 6.45) is 8.12. The summed E-state index contributed by atoms with van der Waals surface area (Å²) < 4.78 is 1.75. The summed E-state index contributed by atoms with van der Waals surface area (Å²) in [6.45, 7) is 3.94.